The highest BCUT2D eigenvalue weighted by molar-refractivity contribution is 8.15. The van der Waals surface area contributed by atoms with Crippen LogP contribution in [-0.2, 0) is 14.3 Å². The maximum atomic E-state index is 12.4. The van der Waals surface area contributed by atoms with E-state index in [2.05, 4.69) is 4.99 Å². The van der Waals surface area contributed by atoms with Crippen molar-refractivity contribution in [2.75, 3.05) is 27.1 Å². The average Bonchev–Trinajstić information content (AvgIpc) is 3.01. The van der Waals surface area contributed by atoms with Crippen molar-refractivity contribution in [3.63, 3.8) is 0 Å². The van der Waals surface area contributed by atoms with Gasteiger partial charge >= 0.3 is 5.97 Å². The topological polar surface area (TPSA) is 77.4 Å². The molecule has 0 unspecified atom stereocenters. The Hall–Kier alpha value is -2.48. The highest BCUT2D eigenvalue weighted by Crippen LogP contribution is 2.43. The molecule has 1 atom stereocenters. The zero-order valence-corrected chi connectivity index (χ0v) is 15.2. The molecule has 1 fully saturated rings. The summed E-state index contributed by atoms with van der Waals surface area (Å²) in [5, 5.41) is 0.574. The summed E-state index contributed by atoms with van der Waals surface area (Å²) in [6.07, 6.45) is 0. The van der Waals surface area contributed by atoms with Gasteiger partial charge in [0.1, 0.15) is 17.5 Å². The van der Waals surface area contributed by atoms with Gasteiger partial charge in [-0.25, -0.2) is 9.79 Å². The van der Waals surface area contributed by atoms with Gasteiger partial charge in [-0.05, 0) is 25.1 Å². The van der Waals surface area contributed by atoms with E-state index in [0.717, 1.165) is 0 Å². The van der Waals surface area contributed by atoms with Crippen molar-refractivity contribution in [3.05, 3.63) is 35.0 Å². The number of esters is 1. The van der Waals surface area contributed by atoms with Crippen LogP contribution in [0.2, 0.25) is 0 Å². The van der Waals surface area contributed by atoms with Crippen LogP contribution in [0.1, 0.15) is 18.5 Å². The summed E-state index contributed by atoms with van der Waals surface area (Å²) < 4.78 is 15.7. The van der Waals surface area contributed by atoms with Crippen LogP contribution < -0.4 is 9.47 Å². The Kier molecular flexibility index (Phi) is 4.71. The fourth-order valence-electron chi connectivity index (χ4n) is 2.93. The summed E-state index contributed by atoms with van der Waals surface area (Å²) in [7, 11) is 4.42. The van der Waals surface area contributed by atoms with Crippen LogP contribution in [0.4, 0.5) is 0 Å². The molecule has 0 bridgehead atoms. The number of amides is 1. The lowest BCUT2D eigenvalue weighted by atomic mass is 9.95. The number of rotatable bonds is 4. The van der Waals surface area contributed by atoms with E-state index in [-0.39, 0.29) is 5.91 Å². The van der Waals surface area contributed by atoms with Crippen molar-refractivity contribution < 1.29 is 23.8 Å². The Morgan fingerprint density at radius 2 is 2.04 bits per heavy atom. The molecule has 132 valence electrons. The summed E-state index contributed by atoms with van der Waals surface area (Å²) in [6, 6.07) is 4.67. The van der Waals surface area contributed by atoms with Crippen LogP contribution in [0.3, 0.4) is 0 Å². The molecule has 0 radical (unpaired) electrons. The molecule has 1 amide bonds. The normalized spacial score (nSPS) is 19.5. The predicted octanol–water partition coefficient (Wildman–Crippen LogP) is 2.14. The monoisotopic (exact) mass is 362 g/mol. The molecule has 1 aromatic rings. The Balaban J connectivity index is 2.20. The van der Waals surface area contributed by atoms with Crippen molar-refractivity contribution in [1.29, 1.82) is 0 Å². The number of nitrogens with zero attached hydrogens (tertiary/aromatic N) is 2. The van der Waals surface area contributed by atoms with Gasteiger partial charge < -0.3 is 14.2 Å². The lowest BCUT2D eigenvalue weighted by Gasteiger charge is -2.29. The molecule has 1 saturated heterocycles. The number of benzene rings is 1. The van der Waals surface area contributed by atoms with Crippen molar-refractivity contribution in [2.24, 2.45) is 4.99 Å². The molecule has 25 heavy (non-hydrogen) atoms. The van der Waals surface area contributed by atoms with Crippen LogP contribution in [0, 0.1) is 0 Å². The zero-order valence-electron chi connectivity index (χ0n) is 14.4. The quantitative estimate of drug-likeness (QED) is 0.764. The molecule has 2 heterocycles. The van der Waals surface area contributed by atoms with Crippen LogP contribution in [0.15, 0.2) is 34.5 Å². The molecule has 1 aromatic carbocycles. The number of allylic oxidation sites excluding steroid dienone is 1. The number of fused-ring (bicyclic) bond motifs is 1. The van der Waals surface area contributed by atoms with Gasteiger partial charge in [0.15, 0.2) is 5.17 Å². The molecule has 0 N–H and O–H groups in total. The van der Waals surface area contributed by atoms with Crippen LogP contribution in [0.5, 0.6) is 11.5 Å². The van der Waals surface area contributed by atoms with Gasteiger partial charge in [0, 0.05) is 11.3 Å². The zero-order chi connectivity index (χ0) is 18.1. The van der Waals surface area contributed by atoms with Crippen LogP contribution in [0.25, 0.3) is 0 Å². The molecule has 0 aromatic heterocycles. The highest BCUT2D eigenvalue weighted by atomic mass is 32.2. The predicted molar refractivity (Wildman–Crippen MR) is 93.7 cm³/mol. The number of methoxy groups -OCH3 is 3. The van der Waals surface area contributed by atoms with Gasteiger partial charge in [-0.1, -0.05) is 11.8 Å². The molecular weight excluding hydrogens is 344 g/mol. The first-order chi connectivity index (χ1) is 12.0. The fourth-order valence-corrected chi connectivity index (χ4v) is 3.86. The van der Waals surface area contributed by atoms with E-state index in [9.17, 15) is 9.59 Å². The molecule has 0 saturated carbocycles. The number of hydrogen-bond acceptors (Lipinski definition) is 7. The third-order valence-corrected chi connectivity index (χ3v) is 5.08. The van der Waals surface area contributed by atoms with Gasteiger partial charge in [-0.2, -0.15) is 0 Å². The third-order valence-electron chi connectivity index (χ3n) is 4.14. The smallest absolute Gasteiger partial charge is 0.338 e. The van der Waals surface area contributed by atoms with Crippen LogP contribution in [-0.4, -0.2) is 49.0 Å². The Bertz CT molecular complexity index is 802. The van der Waals surface area contributed by atoms with E-state index < -0.39 is 12.0 Å². The number of ether oxygens (including phenoxy) is 3. The second-order valence-corrected chi connectivity index (χ2v) is 6.37. The van der Waals surface area contributed by atoms with Crippen molar-refractivity contribution in [3.8, 4) is 11.5 Å². The second-order valence-electron chi connectivity index (χ2n) is 5.43. The first-order valence-corrected chi connectivity index (χ1v) is 8.55. The number of hydrogen-bond donors (Lipinski definition) is 0. The van der Waals surface area contributed by atoms with E-state index in [1.165, 1.54) is 23.8 Å². The summed E-state index contributed by atoms with van der Waals surface area (Å²) in [4.78, 5) is 30.7. The highest BCUT2D eigenvalue weighted by Gasteiger charge is 2.40. The molecule has 0 aliphatic carbocycles. The lowest BCUT2D eigenvalue weighted by Crippen LogP contribution is -2.35. The minimum atomic E-state index is -0.637. The van der Waals surface area contributed by atoms with Gasteiger partial charge in [-0.15, -0.1) is 0 Å². The number of carbonyl (C=O) groups excluding carboxylic acids is 2. The van der Waals surface area contributed by atoms with Crippen molar-refractivity contribution >= 4 is 28.8 Å². The van der Waals surface area contributed by atoms with E-state index in [1.807, 2.05) is 0 Å². The maximum Gasteiger partial charge on any atom is 0.338 e. The molecule has 8 heteroatoms. The Morgan fingerprint density at radius 3 is 2.68 bits per heavy atom. The maximum absolute atomic E-state index is 12.4. The number of carbonyl (C=O) groups is 2. The van der Waals surface area contributed by atoms with E-state index in [4.69, 9.17) is 14.2 Å². The number of amidine groups is 1. The van der Waals surface area contributed by atoms with Gasteiger partial charge in [-0.3, -0.25) is 9.69 Å². The molecular formula is C17H18N2O5S. The Morgan fingerprint density at radius 1 is 1.28 bits per heavy atom. The van der Waals surface area contributed by atoms with Crippen molar-refractivity contribution in [2.45, 2.75) is 13.0 Å². The fraction of sp³-hybridized carbons (Fsp3) is 0.353. The SMILES string of the molecule is COC(=O)C1=C(C)N2C(=O)CSC2=N[C@H]1c1cc(OC)ccc1OC. The van der Waals surface area contributed by atoms with Crippen LogP contribution >= 0.6 is 11.8 Å². The second kappa shape index (κ2) is 6.79. The minimum absolute atomic E-state index is 0.0984. The number of aliphatic imine (C=N–C) groups is 1. The van der Waals surface area contributed by atoms with Crippen molar-refractivity contribution in [1.82, 2.24) is 4.90 Å². The van der Waals surface area contributed by atoms with E-state index >= 15 is 0 Å². The third kappa shape index (κ3) is 2.86. The first kappa shape index (κ1) is 17.3. The summed E-state index contributed by atoms with van der Waals surface area (Å²) >= 11 is 1.35. The summed E-state index contributed by atoms with van der Waals surface area (Å²) in [5.41, 5.74) is 1.52. The molecule has 2 aliphatic rings. The number of thioether (sulfide) groups is 1. The molecule has 3 rings (SSSR count). The average molecular weight is 362 g/mol. The summed E-state index contributed by atoms with van der Waals surface area (Å²) in [6.45, 7) is 1.73. The van der Waals surface area contributed by atoms with Gasteiger partial charge in [0.05, 0.1) is 32.7 Å². The molecule has 2 aliphatic heterocycles. The van der Waals surface area contributed by atoms with Gasteiger partial charge in [0.2, 0.25) is 5.91 Å². The Labute approximate surface area is 149 Å². The first-order valence-electron chi connectivity index (χ1n) is 7.56. The molecule has 7 nitrogen and oxygen atoms in total. The van der Waals surface area contributed by atoms with E-state index in [1.54, 1.807) is 39.3 Å². The van der Waals surface area contributed by atoms with E-state index in [0.29, 0.717) is 39.3 Å². The minimum Gasteiger partial charge on any atom is -0.497 e. The van der Waals surface area contributed by atoms with Gasteiger partial charge in [0.25, 0.3) is 0 Å². The largest absolute Gasteiger partial charge is 0.497 e. The molecule has 0 spiro atoms. The summed E-state index contributed by atoms with van der Waals surface area (Å²) in [5.74, 6) is 0.869. The lowest BCUT2D eigenvalue weighted by molar-refractivity contribution is -0.136. The standard InChI is InChI=1S/C17H18N2O5S/c1-9-14(16(21)24-4)15(18-17-19(9)13(20)8-25-17)11-7-10(22-2)5-6-12(11)23-3/h5-7,15H,8H2,1-4H3/t15-/m0/s1.